The van der Waals surface area contributed by atoms with E-state index in [1.54, 1.807) is 0 Å². The van der Waals surface area contributed by atoms with Crippen LogP contribution in [0.25, 0.3) is 0 Å². The van der Waals surface area contributed by atoms with E-state index in [-0.39, 0.29) is 30.4 Å². The summed E-state index contributed by atoms with van der Waals surface area (Å²) in [6.45, 7) is 0.708. The molecule has 2 nitrogen and oxygen atoms in total. The van der Waals surface area contributed by atoms with Crippen molar-refractivity contribution < 1.29 is 13.6 Å². The number of nitrogens with zero attached hydrogens (tertiary/aromatic N) is 1. The normalized spacial score (nSPS) is 17.1. The molecule has 5 heteroatoms. The fourth-order valence-electron chi connectivity index (χ4n) is 3.41. The number of rotatable bonds is 5. The molecule has 0 N–H and O–H groups in total. The van der Waals surface area contributed by atoms with Crippen LogP contribution in [-0.4, -0.2) is 23.4 Å². The highest BCUT2D eigenvalue weighted by Crippen LogP contribution is 2.25. The Balaban J connectivity index is 1.63. The molecule has 0 saturated carbocycles. The SMILES string of the molecule is O=C(CCc1cc(F)ccc1F)N1CCCC1Cc1ccccc1Cl. The van der Waals surface area contributed by atoms with Crippen molar-refractivity contribution in [2.45, 2.75) is 38.1 Å². The molecule has 1 fully saturated rings. The maximum atomic E-state index is 13.7. The standard InChI is InChI=1S/C20H20ClF2NO/c21-18-6-2-1-4-14(18)13-17-5-3-11-24(17)20(25)10-7-15-12-16(22)8-9-19(15)23/h1-2,4,6,8-9,12,17H,3,5,7,10-11,13H2. The molecular weight excluding hydrogens is 344 g/mol. The molecule has 1 saturated heterocycles. The van der Waals surface area contributed by atoms with Gasteiger partial charge in [-0.05, 0) is 61.1 Å². The summed E-state index contributed by atoms with van der Waals surface area (Å²) in [5.74, 6) is -0.969. The molecule has 0 aromatic heterocycles. The average molecular weight is 364 g/mol. The molecule has 1 aliphatic rings. The van der Waals surface area contributed by atoms with Gasteiger partial charge >= 0.3 is 0 Å². The van der Waals surface area contributed by atoms with Crippen LogP contribution in [0.3, 0.4) is 0 Å². The van der Waals surface area contributed by atoms with Crippen molar-refractivity contribution in [1.82, 2.24) is 4.90 Å². The van der Waals surface area contributed by atoms with E-state index in [1.807, 2.05) is 29.2 Å². The predicted octanol–water partition coefficient (Wildman–Crippen LogP) is 4.78. The van der Waals surface area contributed by atoms with Gasteiger partial charge in [0.15, 0.2) is 0 Å². The number of amides is 1. The van der Waals surface area contributed by atoms with Crippen LogP contribution in [0.2, 0.25) is 5.02 Å². The molecule has 1 unspecified atom stereocenters. The largest absolute Gasteiger partial charge is 0.339 e. The van der Waals surface area contributed by atoms with Crippen molar-refractivity contribution in [2.24, 2.45) is 0 Å². The van der Waals surface area contributed by atoms with Crippen LogP contribution in [-0.2, 0) is 17.6 Å². The van der Waals surface area contributed by atoms with Crippen LogP contribution in [0.4, 0.5) is 8.78 Å². The molecule has 1 heterocycles. The van der Waals surface area contributed by atoms with E-state index in [9.17, 15) is 13.6 Å². The maximum Gasteiger partial charge on any atom is 0.223 e. The van der Waals surface area contributed by atoms with E-state index in [0.717, 1.165) is 43.0 Å². The summed E-state index contributed by atoms with van der Waals surface area (Å²) < 4.78 is 26.9. The minimum absolute atomic E-state index is 0.0155. The summed E-state index contributed by atoms with van der Waals surface area (Å²) in [6.07, 6.45) is 3.00. The van der Waals surface area contributed by atoms with Crippen LogP contribution in [0.5, 0.6) is 0 Å². The summed E-state index contributed by atoms with van der Waals surface area (Å²) in [5.41, 5.74) is 1.28. The zero-order chi connectivity index (χ0) is 17.8. The first-order valence-electron chi connectivity index (χ1n) is 8.51. The highest BCUT2D eigenvalue weighted by atomic mass is 35.5. The quantitative estimate of drug-likeness (QED) is 0.748. The fourth-order valence-corrected chi connectivity index (χ4v) is 3.63. The molecule has 3 rings (SSSR count). The van der Waals surface area contributed by atoms with Crippen LogP contribution in [0.1, 0.15) is 30.4 Å². The molecule has 25 heavy (non-hydrogen) atoms. The van der Waals surface area contributed by atoms with Gasteiger partial charge in [-0.15, -0.1) is 0 Å². The van der Waals surface area contributed by atoms with Crippen molar-refractivity contribution in [1.29, 1.82) is 0 Å². The summed E-state index contributed by atoms with van der Waals surface area (Å²) in [7, 11) is 0. The van der Waals surface area contributed by atoms with Gasteiger partial charge in [0.2, 0.25) is 5.91 Å². The molecule has 1 aliphatic heterocycles. The molecule has 1 amide bonds. The molecule has 0 radical (unpaired) electrons. The summed E-state index contributed by atoms with van der Waals surface area (Å²) >= 11 is 6.22. The summed E-state index contributed by atoms with van der Waals surface area (Å²) in [5, 5.41) is 0.712. The van der Waals surface area contributed by atoms with E-state index in [4.69, 9.17) is 11.6 Å². The Kier molecular flexibility index (Phi) is 5.69. The van der Waals surface area contributed by atoms with E-state index in [2.05, 4.69) is 0 Å². The zero-order valence-electron chi connectivity index (χ0n) is 13.9. The topological polar surface area (TPSA) is 20.3 Å². The minimum Gasteiger partial charge on any atom is -0.339 e. The Bertz CT molecular complexity index is 765. The van der Waals surface area contributed by atoms with Gasteiger partial charge in [0.25, 0.3) is 0 Å². The highest BCUT2D eigenvalue weighted by molar-refractivity contribution is 6.31. The molecule has 2 aromatic carbocycles. The molecule has 2 aromatic rings. The summed E-state index contributed by atoms with van der Waals surface area (Å²) in [6, 6.07) is 11.1. The first-order valence-corrected chi connectivity index (χ1v) is 8.89. The Morgan fingerprint density at radius 3 is 2.76 bits per heavy atom. The molecule has 132 valence electrons. The Hall–Kier alpha value is -1.94. The van der Waals surface area contributed by atoms with Gasteiger partial charge in [-0.2, -0.15) is 0 Å². The average Bonchev–Trinajstić information content (AvgIpc) is 3.06. The zero-order valence-corrected chi connectivity index (χ0v) is 14.6. The van der Waals surface area contributed by atoms with Crippen molar-refractivity contribution in [3.63, 3.8) is 0 Å². The number of halogens is 3. The number of carbonyl (C=O) groups excluding carboxylic acids is 1. The monoisotopic (exact) mass is 363 g/mol. The van der Waals surface area contributed by atoms with E-state index >= 15 is 0 Å². The summed E-state index contributed by atoms with van der Waals surface area (Å²) in [4.78, 5) is 14.4. The van der Waals surface area contributed by atoms with Gasteiger partial charge in [0.1, 0.15) is 11.6 Å². The minimum atomic E-state index is -0.485. The lowest BCUT2D eigenvalue weighted by Crippen LogP contribution is -2.37. The lowest BCUT2D eigenvalue weighted by Gasteiger charge is -2.25. The molecule has 1 atom stereocenters. The van der Waals surface area contributed by atoms with Crippen molar-refractivity contribution in [3.05, 3.63) is 70.2 Å². The third kappa shape index (κ3) is 4.37. The van der Waals surface area contributed by atoms with Crippen LogP contribution >= 0.6 is 11.6 Å². The Morgan fingerprint density at radius 1 is 1.16 bits per heavy atom. The first-order chi connectivity index (χ1) is 12.0. The second-order valence-corrected chi connectivity index (χ2v) is 6.82. The third-order valence-electron chi connectivity index (χ3n) is 4.73. The third-order valence-corrected chi connectivity index (χ3v) is 5.10. The van der Waals surface area contributed by atoms with Crippen molar-refractivity contribution in [3.8, 4) is 0 Å². The van der Waals surface area contributed by atoms with Gasteiger partial charge < -0.3 is 4.90 Å². The lowest BCUT2D eigenvalue weighted by molar-refractivity contribution is -0.131. The molecule has 0 bridgehead atoms. The lowest BCUT2D eigenvalue weighted by atomic mass is 10.0. The smallest absolute Gasteiger partial charge is 0.223 e. The van der Waals surface area contributed by atoms with Gasteiger partial charge in [-0.3, -0.25) is 4.79 Å². The van der Waals surface area contributed by atoms with Crippen molar-refractivity contribution >= 4 is 17.5 Å². The van der Waals surface area contributed by atoms with E-state index in [1.165, 1.54) is 0 Å². The number of aryl methyl sites for hydroxylation is 1. The second kappa shape index (κ2) is 7.96. The van der Waals surface area contributed by atoms with Gasteiger partial charge in [-0.1, -0.05) is 29.8 Å². The predicted molar refractivity (Wildman–Crippen MR) is 94.6 cm³/mol. The van der Waals surface area contributed by atoms with Crippen LogP contribution < -0.4 is 0 Å². The number of benzene rings is 2. The van der Waals surface area contributed by atoms with E-state index in [0.29, 0.717) is 11.6 Å². The number of hydrogen-bond acceptors (Lipinski definition) is 1. The number of hydrogen-bond donors (Lipinski definition) is 0. The number of likely N-dealkylation sites (tertiary alicyclic amines) is 1. The van der Waals surface area contributed by atoms with Gasteiger partial charge in [-0.25, -0.2) is 8.78 Å². The highest BCUT2D eigenvalue weighted by Gasteiger charge is 2.29. The maximum absolute atomic E-state index is 13.7. The molecule has 0 spiro atoms. The van der Waals surface area contributed by atoms with Crippen molar-refractivity contribution in [2.75, 3.05) is 6.54 Å². The number of carbonyl (C=O) groups is 1. The van der Waals surface area contributed by atoms with Gasteiger partial charge in [0, 0.05) is 24.0 Å². The Labute approximate surface area is 151 Å². The Morgan fingerprint density at radius 2 is 1.96 bits per heavy atom. The fraction of sp³-hybridized carbons (Fsp3) is 0.350. The molecule has 0 aliphatic carbocycles. The second-order valence-electron chi connectivity index (χ2n) is 6.41. The first kappa shape index (κ1) is 17.9. The van der Waals surface area contributed by atoms with Crippen LogP contribution in [0.15, 0.2) is 42.5 Å². The molecular formula is C20H20ClF2NO. The van der Waals surface area contributed by atoms with Crippen LogP contribution in [0, 0.1) is 11.6 Å². The van der Waals surface area contributed by atoms with E-state index < -0.39 is 11.6 Å². The van der Waals surface area contributed by atoms with Gasteiger partial charge in [0.05, 0.1) is 0 Å².